The van der Waals surface area contributed by atoms with Crippen molar-refractivity contribution in [2.75, 3.05) is 19.7 Å². The first-order chi connectivity index (χ1) is 9.48. The van der Waals surface area contributed by atoms with E-state index in [1.807, 2.05) is 13.8 Å². The van der Waals surface area contributed by atoms with Crippen molar-refractivity contribution in [1.29, 1.82) is 0 Å². The molecular weight excluding hydrogens is 256 g/mol. The summed E-state index contributed by atoms with van der Waals surface area (Å²) < 4.78 is 10.8. The van der Waals surface area contributed by atoms with Crippen LogP contribution in [0.1, 0.15) is 38.8 Å². The molecule has 2 rings (SSSR count). The van der Waals surface area contributed by atoms with Gasteiger partial charge in [-0.15, -0.1) is 0 Å². The van der Waals surface area contributed by atoms with E-state index in [-0.39, 0.29) is 11.9 Å². The number of carbonyl (C=O) groups excluding carboxylic acids is 1. The molecule has 5 heteroatoms. The number of hydrogen-bond donors (Lipinski definition) is 0. The maximum Gasteiger partial charge on any atom is 0.313 e. The van der Waals surface area contributed by atoms with Gasteiger partial charge in [0.2, 0.25) is 5.89 Å². The minimum absolute atomic E-state index is 0.0684. The van der Waals surface area contributed by atoms with Crippen LogP contribution in [0.3, 0.4) is 0 Å². The third kappa shape index (κ3) is 2.87. The van der Waals surface area contributed by atoms with Gasteiger partial charge in [0, 0.05) is 6.54 Å². The summed E-state index contributed by atoms with van der Waals surface area (Å²) in [6.45, 7) is 10.6. The van der Waals surface area contributed by atoms with Crippen molar-refractivity contribution >= 4 is 5.97 Å². The van der Waals surface area contributed by atoms with Crippen LogP contribution in [0.2, 0.25) is 0 Å². The Bertz CT molecular complexity index is 469. The van der Waals surface area contributed by atoms with Crippen molar-refractivity contribution in [2.45, 2.75) is 40.7 Å². The molecule has 20 heavy (non-hydrogen) atoms. The molecule has 1 atom stereocenters. The zero-order valence-electron chi connectivity index (χ0n) is 12.8. The predicted octanol–water partition coefficient (Wildman–Crippen LogP) is 2.39. The highest BCUT2D eigenvalue weighted by Gasteiger charge is 2.48. The van der Waals surface area contributed by atoms with Crippen LogP contribution in [0.25, 0.3) is 0 Å². The van der Waals surface area contributed by atoms with Gasteiger partial charge < -0.3 is 9.15 Å². The summed E-state index contributed by atoms with van der Waals surface area (Å²) in [4.78, 5) is 18.8. The normalized spacial score (nSPS) is 23.4. The van der Waals surface area contributed by atoms with Crippen molar-refractivity contribution in [2.24, 2.45) is 11.3 Å². The number of aryl methyl sites for hydroxylation is 1. The molecule has 0 saturated carbocycles. The third-order valence-electron chi connectivity index (χ3n) is 4.20. The van der Waals surface area contributed by atoms with Gasteiger partial charge in [-0.05, 0) is 32.7 Å². The minimum atomic E-state index is -0.391. The van der Waals surface area contributed by atoms with Gasteiger partial charge in [0.1, 0.15) is 5.76 Å². The highest BCUT2D eigenvalue weighted by molar-refractivity contribution is 5.78. The Balaban J connectivity index is 2.05. The van der Waals surface area contributed by atoms with Crippen LogP contribution in [0, 0.1) is 18.3 Å². The maximum absolute atomic E-state index is 12.3. The van der Waals surface area contributed by atoms with Crippen LogP contribution in [-0.4, -0.2) is 35.5 Å². The summed E-state index contributed by atoms with van der Waals surface area (Å²) in [6, 6.07) is 0. The molecule has 0 aliphatic carbocycles. The molecule has 0 radical (unpaired) electrons. The zero-order chi connectivity index (χ0) is 14.8. The predicted molar refractivity (Wildman–Crippen MR) is 75.0 cm³/mol. The summed E-state index contributed by atoms with van der Waals surface area (Å²) in [7, 11) is 0. The maximum atomic E-state index is 12.3. The molecule has 0 spiro atoms. The second-order valence-electron chi connectivity index (χ2n) is 5.86. The van der Waals surface area contributed by atoms with E-state index in [1.165, 1.54) is 0 Å². The molecule has 1 aliphatic heterocycles. The van der Waals surface area contributed by atoms with Crippen molar-refractivity contribution in [3.63, 3.8) is 0 Å². The lowest BCUT2D eigenvalue weighted by Crippen LogP contribution is -2.40. The standard InChI is InChI=1S/C15H24N2O3/c1-5-19-14(18)15(11(2)3)6-7-17(10-15)9-13-16-8-12(4)20-13/h8,11H,5-7,9-10H2,1-4H3/t15-/m0/s1. The Kier molecular flexibility index (Phi) is 4.48. The number of likely N-dealkylation sites (tertiary alicyclic amines) is 1. The van der Waals surface area contributed by atoms with E-state index in [2.05, 4.69) is 23.7 Å². The fourth-order valence-electron chi connectivity index (χ4n) is 2.86. The van der Waals surface area contributed by atoms with E-state index < -0.39 is 5.41 Å². The number of ether oxygens (including phenoxy) is 1. The van der Waals surface area contributed by atoms with E-state index in [9.17, 15) is 4.79 Å². The smallest absolute Gasteiger partial charge is 0.313 e. The van der Waals surface area contributed by atoms with Crippen LogP contribution < -0.4 is 0 Å². The number of nitrogens with zero attached hydrogens (tertiary/aromatic N) is 2. The fourth-order valence-corrected chi connectivity index (χ4v) is 2.86. The average Bonchev–Trinajstić information content (AvgIpc) is 2.98. The van der Waals surface area contributed by atoms with Crippen molar-refractivity contribution in [3.05, 3.63) is 17.8 Å². The largest absolute Gasteiger partial charge is 0.466 e. The van der Waals surface area contributed by atoms with Crippen LogP contribution in [-0.2, 0) is 16.1 Å². The lowest BCUT2D eigenvalue weighted by molar-refractivity contribution is -0.157. The molecule has 0 amide bonds. The summed E-state index contributed by atoms with van der Waals surface area (Å²) in [5.41, 5.74) is -0.391. The molecule has 112 valence electrons. The van der Waals surface area contributed by atoms with E-state index in [0.29, 0.717) is 25.6 Å². The lowest BCUT2D eigenvalue weighted by Gasteiger charge is -2.30. The highest BCUT2D eigenvalue weighted by Crippen LogP contribution is 2.39. The molecule has 2 heterocycles. The van der Waals surface area contributed by atoms with Gasteiger partial charge in [-0.25, -0.2) is 4.98 Å². The SMILES string of the molecule is CCOC(=O)[C@@]1(C(C)C)CCN(Cc2ncc(C)o2)C1. The topological polar surface area (TPSA) is 55.6 Å². The Morgan fingerprint density at radius 3 is 2.90 bits per heavy atom. The Labute approximate surface area is 120 Å². The first-order valence-corrected chi connectivity index (χ1v) is 7.29. The van der Waals surface area contributed by atoms with Crippen LogP contribution in [0.5, 0.6) is 0 Å². The first-order valence-electron chi connectivity index (χ1n) is 7.29. The molecular formula is C15H24N2O3. The molecule has 0 unspecified atom stereocenters. The molecule has 0 bridgehead atoms. The molecule has 1 fully saturated rings. The molecule has 1 aliphatic rings. The number of carbonyl (C=O) groups is 1. The number of aromatic nitrogens is 1. The van der Waals surface area contributed by atoms with Gasteiger partial charge in [-0.3, -0.25) is 9.69 Å². The van der Waals surface area contributed by atoms with Crippen molar-refractivity contribution < 1.29 is 13.9 Å². The fraction of sp³-hybridized carbons (Fsp3) is 0.733. The van der Waals surface area contributed by atoms with E-state index in [4.69, 9.17) is 9.15 Å². The van der Waals surface area contributed by atoms with E-state index >= 15 is 0 Å². The molecule has 1 aromatic heterocycles. The summed E-state index contributed by atoms with van der Waals surface area (Å²) in [5, 5.41) is 0. The first kappa shape index (κ1) is 15.0. The molecule has 0 N–H and O–H groups in total. The van der Waals surface area contributed by atoms with Crippen LogP contribution in [0.15, 0.2) is 10.6 Å². The molecule has 1 saturated heterocycles. The van der Waals surface area contributed by atoms with Gasteiger partial charge in [0.25, 0.3) is 0 Å². The molecule has 0 aromatic carbocycles. The Morgan fingerprint density at radius 1 is 1.60 bits per heavy atom. The quantitative estimate of drug-likeness (QED) is 0.775. The van der Waals surface area contributed by atoms with Gasteiger partial charge in [0.15, 0.2) is 0 Å². The van der Waals surface area contributed by atoms with Gasteiger partial charge in [-0.2, -0.15) is 0 Å². The van der Waals surface area contributed by atoms with E-state index in [0.717, 1.165) is 18.7 Å². The van der Waals surface area contributed by atoms with Gasteiger partial charge in [0.05, 0.1) is 24.8 Å². The number of hydrogen-bond acceptors (Lipinski definition) is 5. The second kappa shape index (κ2) is 5.95. The Hall–Kier alpha value is -1.36. The summed E-state index contributed by atoms with van der Waals surface area (Å²) >= 11 is 0. The van der Waals surface area contributed by atoms with Gasteiger partial charge in [-0.1, -0.05) is 13.8 Å². The van der Waals surface area contributed by atoms with Crippen molar-refractivity contribution in [3.8, 4) is 0 Å². The Morgan fingerprint density at radius 2 is 2.35 bits per heavy atom. The number of rotatable bonds is 5. The van der Waals surface area contributed by atoms with Crippen LogP contribution in [0.4, 0.5) is 0 Å². The molecule has 1 aromatic rings. The van der Waals surface area contributed by atoms with Gasteiger partial charge >= 0.3 is 5.97 Å². The summed E-state index contributed by atoms with van der Waals surface area (Å²) in [5.74, 6) is 1.73. The summed E-state index contributed by atoms with van der Waals surface area (Å²) in [6.07, 6.45) is 2.57. The minimum Gasteiger partial charge on any atom is -0.466 e. The second-order valence-corrected chi connectivity index (χ2v) is 5.86. The zero-order valence-corrected chi connectivity index (χ0v) is 12.8. The van der Waals surface area contributed by atoms with E-state index in [1.54, 1.807) is 6.20 Å². The third-order valence-corrected chi connectivity index (χ3v) is 4.20. The molecule has 5 nitrogen and oxygen atoms in total. The monoisotopic (exact) mass is 280 g/mol. The number of esters is 1. The van der Waals surface area contributed by atoms with Crippen molar-refractivity contribution in [1.82, 2.24) is 9.88 Å². The highest BCUT2D eigenvalue weighted by atomic mass is 16.5. The number of oxazole rings is 1. The average molecular weight is 280 g/mol. The van der Waals surface area contributed by atoms with Crippen LogP contribution >= 0.6 is 0 Å². The lowest BCUT2D eigenvalue weighted by atomic mass is 9.76.